The molecule has 18 heavy (non-hydrogen) atoms. The van der Waals surface area contributed by atoms with E-state index in [1.807, 2.05) is 0 Å². The maximum atomic E-state index is 13.2. The maximum absolute atomic E-state index is 13.2. The smallest absolute Gasteiger partial charge is 0.257 e. The molecule has 1 N–H and O–H groups in total. The highest BCUT2D eigenvalue weighted by Gasteiger charge is 2.17. The van der Waals surface area contributed by atoms with Crippen molar-refractivity contribution in [2.45, 2.75) is 20.3 Å². The van der Waals surface area contributed by atoms with Crippen LogP contribution in [0.5, 0.6) is 0 Å². The van der Waals surface area contributed by atoms with Crippen molar-refractivity contribution in [1.82, 2.24) is 9.88 Å². The molecule has 1 heterocycles. The molecule has 0 fully saturated rings. The number of hydrogen-bond acceptors (Lipinski definition) is 3. The second-order valence-electron chi connectivity index (χ2n) is 4.71. The molecule has 4 nitrogen and oxygen atoms in total. The van der Waals surface area contributed by atoms with Crippen LogP contribution < -0.4 is 5.32 Å². The van der Waals surface area contributed by atoms with Gasteiger partial charge in [0.05, 0.1) is 11.8 Å². The molecular weight excluding hydrogens is 233 g/mol. The fourth-order valence-electron chi connectivity index (χ4n) is 1.56. The number of rotatable bonds is 5. The van der Waals surface area contributed by atoms with Crippen molar-refractivity contribution in [3.05, 3.63) is 23.6 Å². The molecule has 0 saturated heterocycles. The first-order valence-electron chi connectivity index (χ1n) is 6.04. The number of nitrogens with one attached hydrogen (secondary N) is 1. The van der Waals surface area contributed by atoms with Crippen LogP contribution in [0, 0.1) is 11.7 Å². The monoisotopic (exact) mass is 253 g/mol. The molecule has 0 radical (unpaired) electrons. The van der Waals surface area contributed by atoms with E-state index in [9.17, 15) is 9.18 Å². The van der Waals surface area contributed by atoms with Crippen LogP contribution in [0.4, 0.5) is 10.2 Å². The highest BCUT2D eigenvalue weighted by molar-refractivity contribution is 5.98. The molecule has 0 aliphatic rings. The van der Waals surface area contributed by atoms with E-state index in [1.165, 1.54) is 6.07 Å². The summed E-state index contributed by atoms with van der Waals surface area (Å²) in [4.78, 5) is 17.6. The normalized spacial score (nSPS) is 10.6. The Morgan fingerprint density at radius 2 is 2.22 bits per heavy atom. The van der Waals surface area contributed by atoms with Crippen LogP contribution in [0.15, 0.2) is 12.3 Å². The first-order chi connectivity index (χ1) is 8.45. The summed E-state index contributed by atoms with van der Waals surface area (Å²) in [6.45, 7) is 4.85. The van der Waals surface area contributed by atoms with E-state index >= 15 is 0 Å². The Balaban J connectivity index is 2.85. The molecule has 1 aromatic rings. The topological polar surface area (TPSA) is 45.2 Å². The number of pyridine rings is 1. The summed E-state index contributed by atoms with van der Waals surface area (Å²) in [5.41, 5.74) is 0.267. The molecular formula is C13H20FN3O. The van der Waals surface area contributed by atoms with Gasteiger partial charge in [0.1, 0.15) is 11.6 Å². The van der Waals surface area contributed by atoms with Crippen LogP contribution in [0.25, 0.3) is 0 Å². The van der Waals surface area contributed by atoms with Crippen LogP contribution in [0.2, 0.25) is 0 Å². The van der Waals surface area contributed by atoms with Gasteiger partial charge in [0.25, 0.3) is 5.91 Å². The van der Waals surface area contributed by atoms with Gasteiger partial charge in [0, 0.05) is 20.6 Å². The molecule has 100 valence electrons. The van der Waals surface area contributed by atoms with Crippen molar-refractivity contribution in [2.24, 2.45) is 5.92 Å². The first kappa shape index (κ1) is 14.4. The lowest BCUT2D eigenvalue weighted by atomic mass is 10.1. The van der Waals surface area contributed by atoms with Crippen LogP contribution in [-0.2, 0) is 0 Å². The third kappa shape index (κ3) is 3.68. The molecule has 0 saturated carbocycles. The number of carbonyl (C=O) groups is 1. The maximum Gasteiger partial charge on any atom is 0.257 e. The number of amides is 1. The zero-order valence-corrected chi connectivity index (χ0v) is 11.3. The minimum Gasteiger partial charge on any atom is -0.372 e. The summed E-state index contributed by atoms with van der Waals surface area (Å²) < 4.78 is 13.2. The van der Waals surface area contributed by atoms with Crippen LogP contribution in [0.3, 0.4) is 0 Å². The number of nitrogens with zero attached hydrogens (tertiary/aromatic N) is 2. The molecule has 1 rings (SSSR count). The third-order valence-corrected chi connectivity index (χ3v) is 2.71. The first-order valence-corrected chi connectivity index (χ1v) is 6.04. The van der Waals surface area contributed by atoms with Gasteiger partial charge < -0.3 is 10.2 Å². The van der Waals surface area contributed by atoms with E-state index in [2.05, 4.69) is 24.1 Å². The van der Waals surface area contributed by atoms with Crippen molar-refractivity contribution in [1.29, 1.82) is 0 Å². The Bertz CT molecular complexity index is 421. The number of halogens is 1. The van der Waals surface area contributed by atoms with Crippen LogP contribution in [-0.4, -0.2) is 36.4 Å². The Morgan fingerprint density at radius 3 is 2.78 bits per heavy atom. The summed E-state index contributed by atoms with van der Waals surface area (Å²) in [5.74, 6) is 0.203. The highest BCUT2D eigenvalue weighted by Crippen LogP contribution is 2.15. The van der Waals surface area contributed by atoms with Crippen molar-refractivity contribution in [3.63, 3.8) is 0 Å². The fourth-order valence-corrected chi connectivity index (χ4v) is 1.56. The van der Waals surface area contributed by atoms with Gasteiger partial charge in [0.2, 0.25) is 0 Å². The number of hydrogen-bond donors (Lipinski definition) is 1. The summed E-state index contributed by atoms with van der Waals surface area (Å²) >= 11 is 0. The minimum atomic E-state index is -0.505. The fraction of sp³-hybridized carbons (Fsp3) is 0.538. The summed E-state index contributed by atoms with van der Waals surface area (Å²) in [7, 11) is 3.38. The summed E-state index contributed by atoms with van der Waals surface area (Å²) in [6, 6.07) is 1.22. The van der Waals surface area contributed by atoms with Crippen molar-refractivity contribution in [2.75, 3.05) is 26.0 Å². The van der Waals surface area contributed by atoms with E-state index in [-0.39, 0.29) is 11.5 Å². The molecule has 5 heteroatoms. The van der Waals surface area contributed by atoms with Gasteiger partial charge in [-0.2, -0.15) is 0 Å². The number of aromatic nitrogens is 1. The van der Waals surface area contributed by atoms with Gasteiger partial charge in [-0.3, -0.25) is 4.79 Å². The summed E-state index contributed by atoms with van der Waals surface area (Å²) in [6.07, 6.45) is 2.01. The molecule has 0 bridgehead atoms. The minimum absolute atomic E-state index is 0.216. The molecule has 0 atom stereocenters. The molecule has 0 aromatic carbocycles. The van der Waals surface area contributed by atoms with Crippen molar-refractivity contribution in [3.8, 4) is 0 Å². The Morgan fingerprint density at radius 1 is 1.56 bits per heavy atom. The Kier molecular flexibility index (Phi) is 5.07. The van der Waals surface area contributed by atoms with Gasteiger partial charge in [-0.05, 0) is 18.4 Å². The number of carbonyl (C=O) groups excluding carboxylic acids is 1. The van der Waals surface area contributed by atoms with Gasteiger partial charge in [-0.15, -0.1) is 0 Å². The molecule has 0 aliphatic heterocycles. The Hall–Kier alpha value is -1.65. The number of anilines is 1. The van der Waals surface area contributed by atoms with Gasteiger partial charge >= 0.3 is 0 Å². The molecule has 1 aromatic heterocycles. The average Bonchev–Trinajstić information content (AvgIpc) is 2.34. The SMILES string of the molecule is CNc1ncc(F)cc1C(=O)N(C)CCC(C)C. The van der Waals surface area contributed by atoms with Crippen LogP contribution in [0.1, 0.15) is 30.6 Å². The lowest BCUT2D eigenvalue weighted by Gasteiger charge is -2.19. The lowest BCUT2D eigenvalue weighted by Crippen LogP contribution is -2.29. The van der Waals surface area contributed by atoms with Crippen molar-refractivity contribution >= 4 is 11.7 Å². The summed E-state index contributed by atoms with van der Waals surface area (Å²) in [5, 5.41) is 2.80. The predicted octanol–water partition coefficient (Wildman–Crippen LogP) is 2.38. The molecule has 0 unspecified atom stereocenters. The second kappa shape index (κ2) is 6.33. The van der Waals surface area contributed by atoms with E-state index in [4.69, 9.17) is 0 Å². The Labute approximate surface area is 107 Å². The predicted molar refractivity (Wildman–Crippen MR) is 70.2 cm³/mol. The molecule has 1 amide bonds. The molecule has 0 aliphatic carbocycles. The zero-order valence-electron chi connectivity index (χ0n) is 11.3. The quantitative estimate of drug-likeness (QED) is 0.876. The van der Waals surface area contributed by atoms with Crippen LogP contribution >= 0.6 is 0 Å². The average molecular weight is 253 g/mol. The highest BCUT2D eigenvalue weighted by atomic mass is 19.1. The van der Waals surface area contributed by atoms with E-state index in [0.717, 1.165) is 12.6 Å². The standard InChI is InChI=1S/C13H20FN3O/c1-9(2)5-6-17(4)13(18)11-7-10(14)8-16-12(11)15-3/h7-9H,5-6H2,1-4H3,(H,15,16). The third-order valence-electron chi connectivity index (χ3n) is 2.71. The zero-order chi connectivity index (χ0) is 13.7. The van der Waals surface area contributed by atoms with E-state index < -0.39 is 5.82 Å². The van der Waals surface area contributed by atoms with Gasteiger partial charge in [0.15, 0.2) is 0 Å². The van der Waals surface area contributed by atoms with Crippen molar-refractivity contribution < 1.29 is 9.18 Å². The lowest BCUT2D eigenvalue weighted by molar-refractivity contribution is 0.0789. The van der Waals surface area contributed by atoms with Gasteiger partial charge in [-0.25, -0.2) is 9.37 Å². The van der Waals surface area contributed by atoms with E-state index in [0.29, 0.717) is 18.3 Å². The largest absolute Gasteiger partial charge is 0.372 e. The second-order valence-corrected chi connectivity index (χ2v) is 4.71. The molecule has 0 spiro atoms. The van der Waals surface area contributed by atoms with E-state index in [1.54, 1.807) is 19.0 Å². The van der Waals surface area contributed by atoms with Gasteiger partial charge in [-0.1, -0.05) is 13.8 Å².